The number of carbonyl (C=O) groups is 1. The Labute approximate surface area is 84.5 Å². The van der Waals surface area contributed by atoms with Crippen LogP contribution < -0.4 is 4.90 Å². The van der Waals surface area contributed by atoms with Crippen LogP contribution in [-0.4, -0.2) is 11.9 Å². The van der Waals surface area contributed by atoms with Crippen molar-refractivity contribution in [1.29, 1.82) is 0 Å². The number of hydrogen-bond acceptors (Lipinski definition) is 1. The normalized spacial score (nSPS) is 20.4. The molecule has 0 saturated heterocycles. The monoisotopic (exact) mass is 189 g/mol. The summed E-state index contributed by atoms with van der Waals surface area (Å²) in [6, 6.07) is 8.29. The quantitative estimate of drug-likeness (QED) is 0.664. The molecule has 0 fully saturated rings. The van der Waals surface area contributed by atoms with Crippen LogP contribution in [0.5, 0.6) is 0 Å². The van der Waals surface area contributed by atoms with Crippen molar-refractivity contribution in [2.75, 3.05) is 4.90 Å². The van der Waals surface area contributed by atoms with Crippen LogP contribution in [0, 0.1) is 0 Å². The molecule has 0 N–H and O–H groups in total. The summed E-state index contributed by atoms with van der Waals surface area (Å²) in [5.74, 6) is 0.245. The van der Waals surface area contributed by atoms with E-state index in [4.69, 9.17) is 0 Å². The molecule has 2 nitrogen and oxygen atoms in total. The highest BCUT2D eigenvalue weighted by molar-refractivity contribution is 6.05. The summed E-state index contributed by atoms with van der Waals surface area (Å²) in [7, 11) is 0. The smallest absolute Gasteiger partial charge is 0.234 e. The number of para-hydroxylation sites is 1. The number of carbonyl (C=O) groups excluding carboxylic acids is 1. The molecule has 1 amide bonds. The second kappa shape index (κ2) is 3.12. The Balaban J connectivity index is 2.53. The van der Waals surface area contributed by atoms with Crippen molar-refractivity contribution in [3.05, 3.63) is 29.8 Å². The van der Waals surface area contributed by atoms with Gasteiger partial charge in [0.05, 0.1) is 5.92 Å². The molecule has 1 aliphatic heterocycles. The van der Waals surface area contributed by atoms with Crippen LogP contribution in [0.15, 0.2) is 24.3 Å². The van der Waals surface area contributed by atoms with E-state index in [2.05, 4.69) is 0 Å². The third-order valence-corrected chi connectivity index (χ3v) is 2.79. The predicted octanol–water partition coefficient (Wildman–Crippen LogP) is 2.55. The van der Waals surface area contributed by atoms with Gasteiger partial charge in [0.25, 0.3) is 0 Å². The third kappa shape index (κ3) is 1.14. The largest absolute Gasteiger partial charge is 0.309 e. The molecule has 0 spiro atoms. The van der Waals surface area contributed by atoms with Crippen molar-refractivity contribution in [2.45, 2.75) is 32.7 Å². The van der Waals surface area contributed by atoms with Crippen molar-refractivity contribution in [2.24, 2.45) is 0 Å². The molecule has 0 unspecified atom stereocenters. The molecule has 2 heteroatoms. The SMILES string of the molecule is CC(C)N1C(=O)[C@H](C)c2ccccc21. The molecule has 1 atom stereocenters. The Bertz CT molecular complexity index is 370. The zero-order chi connectivity index (χ0) is 10.3. The van der Waals surface area contributed by atoms with Crippen molar-refractivity contribution in [1.82, 2.24) is 0 Å². The van der Waals surface area contributed by atoms with Crippen LogP contribution in [0.1, 0.15) is 32.3 Å². The summed E-state index contributed by atoms with van der Waals surface area (Å²) < 4.78 is 0. The van der Waals surface area contributed by atoms with Gasteiger partial charge in [-0.1, -0.05) is 18.2 Å². The zero-order valence-electron chi connectivity index (χ0n) is 8.82. The van der Waals surface area contributed by atoms with E-state index in [0.717, 1.165) is 11.3 Å². The minimum atomic E-state index is 0.0219. The summed E-state index contributed by atoms with van der Waals surface area (Å²) in [5.41, 5.74) is 2.24. The van der Waals surface area contributed by atoms with E-state index < -0.39 is 0 Å². The molecule has 1 aromatic rings. The molecule has 0 aliphatic carbocycles. The number of nitrogens with zero attached hydrogens (tertiary/aromatic N) is 1. The van der Waals surface area contributed by atoms with Gasteiger partial charge in [-0.15, -0.1) is 0 Å². The topological polar surface area (TPSA) is 20.3 Å². The highest BCUT2D eigenvalue weighted by Crippen LogP contribution is 2.37. The van der Waals surface area contributed by atoms with Crippen molar-refractivity contribution >= 4 is 11.6 Å². The lowest BCUT2D eigenvalue weighted by Gasteiger charge is -2.22. The van der Waals surface area contributed by atoms with Crippen molar-refractivity contribution in [3.8, 4) is 0 Å². The Hall–Kier alpha value is -1.31. The molecule has 0 saturated carbocycles. The molecule has 1 heterocycles. The molecule has 14 heavy (non-hydrogen) atoms. The molecular formula is C12H15NO. The van der Waals surface area contributed by atoms with Gasteiger partial charge in [0.15, 0.2) is 0 Å². The fraction of sp³-hybridized carbons (Fsp3) is 0.417. The summed E-state index contributed by atoms with van der Waals surface area (Å²) in [5, 5.41) is 0. The molecule has 2 rings (SSSR count). The van der Waals surface area contributed by atoms with Gasteiger partial charge in [0.2, 0.25) is 5.91 Å². The van der Waals surface area contributed by atoms with E-state index in [1.165, 1.54) is 0 Å². The number of fused-ring (bicyclic) bond motifs is 1. The highest BCUT2D eigenvalue weighted by atomic mass is 16.2. The zero-order valence-corrected chi connectivity index (χ0v) is 8.82. The number of amides is 1. The number of hydrogen-bond donors (Lipinski definition) is 0. The van der Waals surface area contributed by atoms with Gasteiger partial charge in [-0.05, 0) is 32.4 Å². The van der Waals surface area contributed by atoms with Gasteiger partial charge in [-0.3, -0.25) is 4.79 Å². The molecular weight excluding hydrogens is 174 g/mol. The second-order valence-electron chi connectivity index (χ2n) is 4.08. The van der Waals surface area contributed by atoms with Gasteiger partial charge < -0.3 is 4.90 Å². The fourth-order valence-electron chi connectivity index (χ4n) is 2.07. The van der Waals surface area contributed by atoms with E-state index >= 15 is 0 Å². The molecule has 0 aromatic heterocycles. The lowest BCUT2D eigenvalue weighted by atomic mass is 10.0. The first-order valence-electron chi connectivity index (χ1n) is 5.05. The third-order valence-electron chi connectivity index (χ3n) is 2.79. The van der Waals surface area contributed by atoms with Crippen molar-refractivity contribution < 1.29 is 4.79 Å². The first-order valence-corrected chi connectivity index (χ1v) is 5.05. The molecule has 0 radical (unpaired) electrons. The lowest BCUT2D eigenvalue weighted by molar-refractivity contribution is -0.119. The van der Waals surface area contributed by atoms with E-state index in [-0.39, 0.29) is 17.9 Å². The minimum Gasteiger partial charge on any atom is -0.309 e. The first-order chi connectivity index (χ1) is 6.63. The molecule has 1 aliphatic rings. The maximum absolute atomic E-state index is 11.9. The number of anilines is 1. The van der Waals surface area contributed by atoms with Gasteiger partial charge >= 0.3 is 0 Å². The first kappa shape index (κ1) is 9.25. The van der Waals surface area contributed by atoms with E-state index in [1.54, 1.807) is 0 Å². The summed E-state index contributed by atoms with van der Waals surface area (Å²) in [4.78, 5) is 13.8. The average Bonchev–Trinajstić information content (AvgIpc) is 2.41. The number of benzene rings is 1. The van der Waals surface area contributed by atoms with Gasteiger partial charge in [-0.2, -0.15) is 0 Å². The summed E-state index contributed by atoms with van der Waals surface area (Å²) in [6.07, 6.45) is 0. The van der Waals surface area contributed by atoms with E-state index in [9.17, 15) is 4.79 Å². The number of rotatable bonds is 1. The van der Waals surface area contributed by atoms with Crippen LogP contribution in [-0.2, 0) is 4.79 Å². The van der Waals surface area contributed by atoms with E-state index in [0.29, 0.717) is 0 Å². The summed E-state index contributed by atoms with van der Waals surface area (Å²) >= 11 is 0. The minimum absolute atomic E-state index is 0.0219. The standard InChI is InChI=1S/C12H15NO/c1-8(2)13-11-7-5-4-6-10(11)9(3)12(13)14/h4-9H,1-3H3/t9-/m1/s1. The average molecular weight is 189 g/mol. The van der Waals surface area contributed by atoms with Crippen LogP contribution in [0.4, 0.5) is 5.69 Å². The van der Waals surface area contributed by atoms with Crippen LogP contribution >= 0.6 is 0 Å². The van der Waals surface area contributed by atoms with Gasteiger partial charge in [0.1, 0.15) is 0 Å². The molecule has 74 valence electrons. The Morgan fingerprint density at radius 2 is 1.93 bits per heavy atom. The molecule has 1 aromatic carbocycles. The maximum atomic E-state index is 11.9. The Kier molecular flexibility index (Phi) is 2.06. The molecule has 0 bridgehead atoms. The van der Waals surface area contributed by atoms with Gasteiger partial charge in [-0.25, -0.2) is 0 Å². The Morgan fingerprint density at radius 1 is 1.29 bits per heavy atom. The van der Waals surface area contributed by atoms with Crippen LogP contribution in [0.3, 0.4) is 0 Å². The highest BCUT2D eigenvalue weighted by Gasteiger charge is 2.34. The lowest BCUT2D eigenvalue weighted by Crippen LogP contribution is -2.34. The van der Waals surface area contributed by atoms with Crippen LogP contribution in [0.25, 0.3) is 0 Å². The van der Waals surface area contributed by atoms with Crippen molar-refractivity contribution in [3.63, 3.8) is 0 Å². The van der Waals surface area contributed by atoms with Crippen LogP contribution in [0.2, 0.25) is 0 Å². The summed E-state index contributed by atoms with van der Waals surface area (Å²) in [6.45, 7) is 6.07. The maximum Gasteiger partial charge on any atom is 0.234 e. The second-order valence-corrected chi connectivity index (χ2v) is 4.08. The van der Waals surface area contributed by atoms with E-state index in [1.807, 2.05) is 49.9 Å². The fourth-order valence-corrected chi connectivity index (χ4v) is 2.07. The Morgan fingerprint density at radius 3 is 2.57 bits per heavy atom. The van der Waals surface area contributed by atoms with Gasteiger partial charge in [0, 0.05) is 11.7 Å². The predicted molar refractivity (Wildman–Crippen MR) is 57.5 cm³/mol.